The number of benzene rings is 1. The molecule has 1 saturated heterocycles. The number of alkyl halides is 3. The lowest BCUT2D eigenvalue weighted by Crippen LogP contribution is -2.31. The molecule has 1 aliphatic heterocycles. The molecule has 0 aliphatic carbocycles. The van der Waals surface area contributed by atoms with Crippen molar-refractivity contribution in [3.05, 3.63) is 53.3 Å². The van der Waals surface area contributed by atoms with Gasteiger partial charge in [0.05, 0.1) is 16.2 Å². The number of piperidine rings is 1. The first-order valence-corrected chi connectivity index (χ1v) is 9.60. The van der Waals surface area contributed by atoms with E-state index in [-0.39, 0.29) is 5.82 Å². The maximum atomic E-state index is 13.2. The second kappa shape index (κ2) is 8.48. The van der Waals surface area contributed by atoms with Crippen molar-refractivity contribution in [1.82, 2.24) is 9.88 Å². The van der Waals surface area contributed by atoms with Gasteiger partial charge in [-0.05, 0) is 63.3 Å². The molecule has 9 heteroatoms. The fourth-order valence-corrected chi connectivity index (χ4v) is 4.05. The minimum atomic E-state index is -4.84. The molecule has 0 unspecified atom stereocenters. The van der Waals surface area contributed by atoms with E-state index in [1.165, 1.54) is 6.07 Å². The Morgan fingerprint density at radius 1 is 1.21 bits per heavy atom. The van der Waals surface area contributed by atoms with Crippen molar-refractivity contribution < 1.29 is 22.4 Å². The molecular formula is C19H19F4N3OS. The predicted octanol–water partition coefficient (Wildman–Crippen LogP) is 4.68. The molecule has 0 spiro atoms. The number of pyridine rings is 1. The zero-order chi connectivity index (χ0) is 20.3. The highest BCUT2D eigenvalue weighted by molar-refractivity contribution is 7.99. The topological polar surface area (TPSA) is 45.2 Å². The van der Waals surface area contributed by atoms with Crippen molar-refractivity contribution in [3.8, 4) is 0 Å². The van der Waals surface area contributed by atoms with Crippen LogP contribution in [0.4, 0.5) is 23.4 Å². The molecule has 1 aromatic heterocycles. The van der Waals surface area contributed by atoms with Gasteiger partial charge >= 0.3 is 6.18 Å². The highest BCUT2D eigenvalue weighted by Crippen LogP contribution is 2.33. The molecule has 1 N–H and O–H groups in total. The lowest BCUT2D eigenvalue weighted by Gasteiger charge is -2.28. The summed E-state index contributed by atoms with van der Waals surface area (Å²) in [5.41, 5.74) is -1.97. The molecule has 28 heavy (non-hydrogen) atoms. The number of anilines is 1. The number of halogens is 4. The molecule has 2 aromatic rings. The molecular weight excluding hydrogens is 394 g/mol. The molecule has 0 saturated carbocycles. The van der Waals surface area contributed by atoms with Crippen molar-refractivity contribution in [2.45, 2.75) is 29.3 Å². The summed E-state index contributed by atoms with van der Waals surface area (Å²) in [6.07, 6.45) is -2.80. The van der Waals surface area contributed by atoms with Gasteiger partial charge in [-0.15, -0.1) is 11.8 Å². The summed E-state index contributed by atoms with van der Waals surface area (Å²) in [7, 11) is 2.07. The van der Waals surface area contributed by atoms with Gasteiger partial charge in [0.2, 0.25) is 0 Å². The van der Waals surface area contributed by atoms with Gasteiger partial charge in [-0.2, -0.15) is 13.2 Å². The second-order valence-corrected chi connectivity index (χ2v) is 7.94. The van der Waals surface area contributed by atoms with Gasteiger partial charge in [0, 0.05) is 5.25 Å². The van der Waals surface area contributed by atoms with Gasteiger partial charge in [-0.25, -0.2) is 9.37 Å². The number of nitrogens with one attached hydrogen (secondary N) is 1. The van der Waals surface area contributed by atoms with Gasteiger partial charge in [0.25, 0.3) is 5.91 Å². The number of thioether (sulfide) groups is 1. The normalized spacial score (nSPS) is 16.2. The number of amides is 1. The quantitative estimate of drug-likeness (QED) is 0.740. The van der Waals surface area contributed by atoms with Crippen LogP contribution in [0.25, 0.3) is 0 Å². The van der Waals surface area contributed by atoms with Crippen LogP contribution in [0.5, 0.6) is 0 Å². The zero-order valence-corrected chi connectivity index (χ0v) is 15.9. The Kier molecular flexibility index (Phi) is 6.24. The number of likely N-dealkylation sites (tertiary alicyclic amines) is 1. The van der Waals surface area contributed by atoms with Gasteiger partial charge < -0.3 is 10.2 Å². The number of carbonyl (C=O) groups excluding carboxylic acids is 1. The van der Waals surface area contributed by atoms with Crippen molar-refractivity contribution in [3.63, 3.8) is 0 Å². The van der Waals surface area contributed by atoms with Crippen molar-refractivity contribution in [2.24, 2.45) is 0 Å². The van der Waals surface area contributed by atoms with Crippen molar-refractivity contribution >= 4 is 23.5 Å². The molecule has 4 nitrogen and oxygen atoms in total. The Bertz CT molecular complexity index is 851. The first-order chi connectivity index (χ1) is 13.2. The average Bonchev–Trinajstić information content (AvgIpc) is 2.63. The summed E-state index contributed by atoms with van der Waals surface area (Å²) in [5, 5.41) is 3.48. The predicted molar refractivity (Wildman–Crippen MR) is 100.0 cm³/mol. The molecule has 0 atom stereocenters. The van der Waals surface area contributed by atoms with Crippen LogP contribution >= 0.6 is 11.8 Å². The largest absolute Gasteiger partial charge is 0.417 e. The number of carbonyl (C=O) groups is 1. The number of nitrogens with zero attached hydrogens (tertiary/aromatic N) is 2. The molecule has 150 valence electrons. The summed E-state index contributed by atoms with van der Waals surface area (Å²) in [6.45, 7) is 2.00. The van der Waals surface area contributed by atoms with E-state index >= 15 is 0 Å². The number of aromatic nitrogens is 1. The Morgan fingerprint density at radius 3 is 2.61 bits per heavy atom. The fourth-order valence-electron chi connectivity index (χ4n) is 2.96. The minimum absolute atomic E-state index is 0.153. The van der Waals surface area contributed by atoms with E-state index in [4.69, 9.17) is 0 Å². The molecule has 0 radical (unpaired) electrons. The van der Waals surface area contributed by atoms with Crippen LogP contribution in [-0.2, 0) is 6.18 Å². The Labute approximate surface area is 164 Å². The van der Waals surface area contributed by atoms with Crippen LogP contribution < -0.4 is 5.32 Å². The molecule has 1 fully saturated rings. The highest BCUT2D eigenvalue weighted by Gasteiger charge is 2.35. The summed E-state index contributed by atoms with van der Waals surface area (Å²) in [4.78, 5) is 18.9. The molecule has 1 amide bonds. The van der Waals surface area contributed by atoms with E-state index in [1.807, 2.05) is 0 Å². The van der Waals surface area contributed by atoms with E-state index in [2.05, 4.69) is 22.2 Å². The average molecular weight is 413 g/mol. The number of hydrogen-bond donors (Lipinski definition) is 1. The number of hydrogen-bond acceptors (Lipinski definition) is 4. The van der Waals surface area contributed by atoms with Crippen LogP contribution in [0.2, 0.25) is 0 Å². The first-order valence-electron chi connectivity index (χ1n) is 8.73. The van der Waals surface area contributed by atoms with E-state index in [0.717, 1.165) is 38.1 Å². The third-order valence-corrected chi connectivity index (χ3v) is 5.72. The summed E-state index contributed by atoms with van der Waals surface area (Å²) in [5.74, 6) is -1.89. The SMILES string of the molecule is CN1CCC(Sc2cccc(NC(=O)c3ccc(F)cc3C(F)(F)F)n2)CC1. The third kappa shape index (κ3) is 5.23. The van der Waals surface area contributed by atoms with Gasteiger partial charge in [-0.3, -0.25) is 4.79 Å². The summed E-state index contributed by atoms with van der Waals surface area (Å²) < 4.78 is 52.5. The Hall–Kier alpha value is -2.13. The van der Waals surface area contributed by atoms with E-state index < -0.39 is 29.0 Å². The lowest BCUT2D eigenvalue weighted by molar-refractivity contribution is -0.138. The molecule has 1 aliphatic rings. The van der Waals surface area contributed by atoms with Gasteiger partial charge in [0.1, 0.15) is 11.6 Å². The van der Waals surface area contributed by atoms with Gasteiger partial charge in [0.15, 0.2) is 0 Å². The highest BCUT2D eigenvalue weighted by atomic mass is 32.2. The van der Waals surface area contributed by atoms with E-state index in [1.54, 1.807) is 23.9 Å². The Balaban J connectivity index is 1.73. The summed E-state index contributed by atoms with van der Waals surface area (Å²) in [6, 6.07) is 6.96. The van der Waals surface area contributed by atoms with Crippen LogP contribution in [0, 0.1) is 5.82 Å². The van der Waals surface area contributed by atoms with E-state index in [0.29, 0.717) is 16.3 Å². The van der Waals surface area contributed by atoms with Gasteiger partial charge in [-0.1, -0.05) is 6.07 Å². The van der Waals surface area contributed by atoms with Crippen molar-refractivity contribution in [2.75, 3.05) is 25.5 Å². The fraction of sp³-hybridized carbons (Fsp3) is 0.368. The second-order valence-electron chi connectivity index (χ2n) is 6.62. The smallest absolute Gasteiger partial charge is 0.307 e. The monoisotopic (exact) mass is 413 g/mol. The zero-order valence-electron chi connectivity index (χ0n) is 15.1. The first kappa shape index (κ1) is 20.6. The molecule has 2 heterocycles. The minimum Gasteiger partial charge on any atom is -0.307 e. The lowest BCUT2D eigenvalue weighted by atomic mass is 10.1. The van der Waals surface area contributed by atoms with Crippen molar-refractivity contribution in [1.29, 1.82) is 0 Å². The Morgan fingerprint density at radius 2 is 1.93 bits per heavy atom. The molecule has 1 aromatic carbocycles. The third-order valence-electron chi connectivity index (χ3n) is 4.45. The summed E-state index contributed by atoms with van der Waals surface area (Å²) >= 11 is 1.59. The van der Waals surface area contributed by atoms with Crippen LogP contribution in [-0.4, -0.2) is 41.2 Å². The van der Waals surface area contributed by atoms with Crippen LogP contribution in [0.1, 0.15) is 28.8 Å². The maximum absolute atomic E-state index is 13.2. The van der Waals surface area contributed by atoms with Crippen LogP contribution in [0.15, 0.2) is 41.4 Å². The van der Waals surface area contributed by atoms with Crippen LogP contribution in [0.3, 0.4) is 0 Å². The standard InChI is InChI=1S/C19H19F4N3OS/c1-26-9-7-13(8-10-26)28-17-4-2-3-16(24-17)25-18(27)14-6-5-12(20)11-15(14)19(21,22)23/h2-6,11,13H,7-10H2,1H3,(H,24,25,27). The number of rotatable bonds is 4. The maximum Gasteiger partial charge on any atom is 0.417 e. The van der Waals surface area contributed by atoms with E-state index in [9.17, 15) is 22.4 Å². The molecule has 0 bridgehead atoms. The molecule has 3 rings (SSSR count).